The molecule has 0 amide bonds. The van der Waals surface area contributed by atoms with Crippen LogP contribution in [-0.2, 0) is 57.2 Å². The van der Waals surface area contributed by atoms with Crippen LogP contribution >= 0.6 is 0 Å². The number of halogens is 4. The number of hydrogen-bond acceptors (Lipinski definition) is 12. The van der Waals surface area contributed by atoms with Gasteiger partial charge >= 0.3 is 47.7 Å². The predicted molar refractivity (Wildman–Crippen MR) is 200 cm³/mol. The van der Waals surface area contributed by atoms with Gasteiger partial charge in [0.05, 0.1) is 10.8 Å². The topological polar surface area (TPSA) is 158 Å². The number of rotatable bonds is 17. The van der Waals surface area contributed by atoms with Crippen LogP contribution in [0, 0.1) is 46.3 Å². The van der Waals surface area contributed by atoms with E-state index >= 15 is 0 Å². The van der Waals surface area contributed by atoms with Crippen molar-refractivity contribution in [3.63, 3.8) is 0 Å². The molecule has 8 bridgehead atoms. The summed E-state index contributed by atoms with van der Waals surface area (Å²) in [5.74, 6) is -13.3. The van der Waals surface area contributed by atoms with Crippen LogP contribution in [0.4, 0.5) is 17.6 Å². The molecule has 334 valence electrons. The minimum Gasteiger partial charge on any atom is -0.462 e. The van der Waals surface area contributed by atoms with Gasteiger partial charge in [-0.05, 0) is 153 Å². The molecule has 0 unspecified atom stereocenters. The molecule has 12 nitrogen and oxygen atoms in total. The van der Waals surface area contributed by atoms with Gasteiger partial charge in [0, 0.05) is 0 Å². The van der Waals surface area contributed by atoms with Crippen LogP contribution in [0.15, 0.2) is 0 Å². The van der Waals surface area contributed by atoms with Crippen molar-refractivity contribution in [2.45, 2.75) is 161 Å². The fourth-order valence-corrected chi connectivity index (χ4v) is 10.6. The second kappa shape index (κ2) is 17.9. The predicted octanol–water partition coefficient (Wildman–Crippen LogP) is 7.70. The standard InChI is InChI=1S/C22H32F2O6.C21H30F2O6/c1-4-20(2,3)18(26)28-5-6-29-19(27)22(23,24)13-17(25)30-21-10-14-7-15(11-21)9-16(8-14)12-21;1-4-19(2,3)16(24)27-5-6-28-17(25)21(22,23)18(26)29-20-10-13-7-14(11-20)9-15(8-13)12-20/h14-16H,4-13H2,1-3H3;13-15H,4-12H2,1-3H3. The van der Waals surface area contributed by atoms with Crippen LogP contribution in [-0.4, -0.2) is 85.3 Å². The third kappa shape index (κ3) is 11.3. The molecule has 0 aromatic rings. The lowest BCUT2D eigenvalue weighted by Gasteiger charge is -2.55. The van der Waals surface area contributed by atoms with Gasteiger partial charge in [-0.15, -0.1) is 0 Å². The highest BCUT2D eigenvalue weighted by Gasteiger charge is 2.59. The van der Waals surface area contributed by atoms with Gasteiger partial charge in [-0.3, -0.25) is 14.4 Å². The summed E-state index contributed by atoms with van der Waals surface area (Å²) in [5, 5.41) is 0. The van der Waals surface area contributed by atoms with Gasteiger partial charge in [0.2, 0.25) is 0 Å². The molecule has 8 rings (SSSR count). The molecule has 59 heavy (non-hydrogen) atoms. The van der Waals surface area contributed by atoms with Gasteiger partial charge in [0.1, 0.15) is 44.1 Å². The SMILES string of the molecule is CCC(C)(C)C(=O)OCCOC(=O)C(F)(F)C(=O)OC12CC3CC(CC(C3)C1)C2.CCC(C)(C)C(=O)OCCOC(=O)C(F)(F)CC(=O)OC12CC3CC(CC(C3)C1)C2. The molecule has 0 heterocycles. The lowest BCUT2D eigenvalue weighted by molar-refractivity contribution is -0.216. The minimum absolute atomic E-state index is 0.318. The summed E-state index contributed by atoms with van der Waals surface area (Å²) in [6.07, 6.45) is 10.4. The van der Waals surface area contributed by atoms with Crippen molar-refractivity contribution in [2.24, 2.45) is 46.3 Å². The number of esters is 6. The van der Waals surface area contributed by atoms with Crippen LogP contribution in [0.3, 0.4) is 0 Å². The average Bonchev–Trinajstić information content (AvgIpc) is 3.13. The van der Waals surface area contributed by atoms with Crippen molar-refractivity contribution in [3.8, 4) is 0 Å². The maximum Gasteiger partial charge on any atom is 0.437 e. The Morgan fingerprint density at radius 1 is 0.475 bits per heavy atom. The molecule has 0 atom stereocenters. The second-order valence-electron chi connectivity index (χ2n) is 19.5. The van der Waals surface area contributed by atoms with Crippen molar-refractivity contribution in [3.05, 3.63) is 0 Å². The first-order chi connectivity index (χ1) is 27.4. The quantitative estimate of drug-likeness (QED) is 0.0463. The summed E-state index contributed by atoms with van der Waals surface area (Å²) in [5.41, 5.74) is -2.91. The fourth-order valence-electron chi connectivity index (χ4n) is 10.6. The summed E-state index contributed by atoms with van der Waals surface area (Å²) in [4.78, 5) is 71.5. The number of carbonyl (C=O) groups is 6. The lowest BCUT2D eigenvalue weighted by Crippen LogP contribution is -2.55. The van der Waals surface area contributed by atoms with Crippen LogP contribution in [0.1, 0.15) is 138 Å². The van der Waals surface area contributed by atoms with Gasteiger partial charge < -0.3 is 28.4 Å². The molecule has 8 saturated carbocycles. The van der Waals surface area contributed by atoms with Gasteiger partial charge in [0.15, 0.2) is 0 Å². The number of alkyl halides is 4. The Bertz CT molecular complexity index is 1520. The molecule has 0 N–H and O–H groups in total. The zero-order chi connectivity index (χ0) is 43.6. The highest BCUT2D eigenvalue weighted by atomic mass is 19.3. The highest BCUT2D eigenvalue weighted by Crippen LogP contribution is 2.58. The van der Waals surface area contributed by atoms with Crippen LogP contribution in [0.25, 0.3) is 0 Å². The van der Waals surface area contributed by atoms with Crippen LogP contribution in [0.2, 0.25) is 0 Å². The Hall–Kier alpha value is -3.46. The molecule has 0 aliphatic heterocycles. The molecular weight excluding hydrogens is 784 g/mol. The molecule has 0 spiro atoms. The van der Waals surface area contributed by atoms with Crippen molar-refractivity contribution in [2.75, 3.05) is 26.4 Å². The van der Waals surface area contributed by atoms with E-state index in [1.165, 1.54) is 0 Å². The van der Waals surface area contributed by atoms with Crippen LogP contribution < -0.4 is 0 Å². The summed E-state index contributed by atoms with van der Waals surface area (Å²) in [6.45, 7) is 8.70. The summed E-state index contributed by atoms with van der Waals surface area (Å²) in [7, 11) is 0. The van der Waals surface area contributed by atoms with Gasteiger partial charge in [0.25, 0.3) is 0 Å². The highest BCUT2D eigenvalue weighted by molar-refractivity contribution is 6.01. The summed E-state index contributed by atoms with van der Waals surface area (Å²) >= 11 is 0. The zero-order valence-electron chi connectivity index (χ0n) is 35.3. The molecule has 0 saturated heterocycles. The monoisotopic (exact) mass is 846 g/mol. The molecular formula is C43H62F4O12. The van der Waals surface area contributed by atoms with E-state index < -0.39 is 89.3 Å². The molecule has 8 aliphatic carbocycles. The minimum atomic E-state index is -4.38. The van der Waals surface area contributed by atoms with E-state index in [1.807, 2.05) is 13.8 Å². The fraction of sp³-hybridized carbons (Fsp3) is 0.860. The first kappa shape index (κ1) is 46.6. The van der Waals surface area contributed by atoms with Gasteiger partial charge in [-0.2, -0.15) is 17.6 Å². The van der Waals surface area contributed by atoms with E-state index in [0.717, 1.165) is 57.8 Å². The Balaban J connectivity index is 0.000000224. The number of hydrogen-bond donors (Lipinski definition) is 0. The van der Waals surface area contributed by atoms with E-state index in [9.17, 15) is 46.3 Å². The molecule has 8 fully saturated rings. The Morgan fingerprint density at radius 3 is 1.12 bits per heavy atom. The van der Waals surface area contributed by atoms with E-state index in [2.05, 4.69) is 9.47 Å². The number of ether oxygens (including phenoxy) is 6. The molecule has 0 aromatic heterocycles. The van der Waals surface area contributed by atoms with E-state index in [4.69, 9.17) is 18.9 Å². The summed E-state index contributed by atoms with van der Waals surface area (Å²) < 4.78 is 86.6. The zero-order valence-corrected chi connectivity index (χ0v) is 35.3. The van der Waals surface area contributed by atoms with Crippen LogP contribution in [0.5, 0.6) is 0 Å². The van der Waals surface area contributed by atoms with E-state index in [-0.39, 0.29) is 13.2 Å². The Kier molecular flexibility index (Phi) is 14.1. The second-order valence-corrected chi connectivity index (χ2v) is 19.5. The third-order valence-corrected chi connectivity index (χ3v) is 13.8. The molecule has 16 heteroatoms. The smallest absolute Gasteiger partial charge is 0.437 e. The Labute approximate surface area is 343 Å². The van der Waals surface area contributed by atoms with Crippen molar-refractivity contribution >= 4 is 35.8 Å². The maximum absolute atomic E-state index is 14.3. The average molecular weight is 847 g/mol. The number of carbonyl (C=O) groups excluding carboxylic acids is 6. The summed E-state index contributed by atoms with van der Waals surface area (Å²) in [6, 6.07) is 0. The van der Waals surface area contributed by atoms with Gasteiger partial charge in [-0.25, -0.2) is 14.4 Å². The normalized spacial score (nSPS) is 30.4. The Morgan fingerprint density at radius 2 is 0.780 bits per heavy atom. The van der Waals surface area contributed by atoms with Gasteiger partial charge in [-0.1, -0.05) is 13.8 Å². The first-order valence-electron chi connectivity index (χ1n) is 21.3. The van der Waals surface area contributed by atoms with E-state index in [1.54, 1.807) is 27.7 Å². The molecule has 8 aliphatic rings. The molecule has 0 aromatic carbocycles. The lowest BCUT2D eigenvalue weighted by atomic mass is 9.54. The van der Waals surface area contributed by atoms with Crippen molar-refractivity contribution in [1.82, 2.24) is 0 Å². The molecule has 0 radical (unpaired) electrons. The third-order valence-electron chi connectivity index (χ3n) is 13.8. The van der Waals surface area contributed by atoms with Crippen molar-refractivity contribution < 1.29 is 74.8 Å². The van der Waals surface area contributed by atoms with E-state index in [0.29, 0.717) is 67.6 Å². The van der Waals surface area contributed by atoms with Crippen molar-refractivity contribution in [1.29, 1.82) is 0 Å². The largest absolute Gasteiger partial charge is 0.462 e. The first-order valence-corrected chi connectivity index (χ1v) is 21.3. The maximum atomic E-state index is 14.3.